The van der Waals surface area contributed by atoms with E-state index in [0.29, 0.717) is 0 Å². The first-order chi connectivity index (χ1) is 5.20. The average molecular weight is 178 g/mol. The van der Waals surface area contributed by atoms with Gasteiger partial charge in [-0.3, -0.25) is 0 Å². The Balaban J connectivity index is 2.28. The molecule has 3 nitrogen and oxygen atoms in total. The van der Waals surface area contributed by atoms with Crippen LogP contribution in [0, 0.1) is 0 Å². The third-order valence-electron chi connectivity index (χ3n) is 1.63. The van der Waals surface area contributed by atoms with E-state index in [-0.39, 0.29) is 6.09 Å². The minimum atomic E-state index is -0.525. The Morgan fingerprint density at radius 3 is 2.55 bits per heavy atom. The Morgan fingerprint density at radius 2 is 2.09 bits per heavy atom. The number of ether oxygens (including phenoxy) is 1. The van der Waals surface area contributed by atoms with Crippen LogP contribution in [0.4, 0.5) is 4.79 Å². The smallest absolute Gasteiger partial charge is 0.411 e. The summed E-state index contributed by atoms with van der Waals surface area (Å²) in [7, 11) is 0. The Morgan fingerprint density at radius 1 is 1.55 bits per heavy atom. The molecule has 4 heteroatoms. The normalized spacial score (nSPS) is 20.0. The molecule has 1 amide bonds. The summed E-state index contributed by atoms with van der Waals surface area (Å²) in [6, 6.07) is 0. The van der Waals surface area contributed by atoms with Gasteiger partial charge in [-0.05, 0) is 19.8 Å². The zero-order valence-electron chi connectivity index (χ0n) is 6.55. The first-order valence-corrected chi connectivity index (χ1v) is 4.23. The molecular formula is C7H12ClNO2. The van der Waals surface area contributed by atoms with Gasteiger partial charge in [-0.15, -0.1) is 0 Å². The lowest BCUT2D eigenvalue weighted by Gasteiger charge is -2.15. The number of nitrogens with zero attached hydrogens (tertiary/aromatic N) is 1. The van der Waals surface area contributed by atoms with Crippen molar-refractivity contribution in [3.8, 4) is 0 Å². The molecule has 64 valence electrons. The van der Waals surface area contributed by atoms with Crippen LogP contribution in [0.25, 0.3) is 0 Å². The van der Waals surface area contributed by atoms with Crippen molar-refractivity contribution in [3.05, 3.63) is 0 Å². The van der Waals surface area contributed by atoms with Gasteiger partial charge in [0.1, 0.15) is 0 Å². The Labute approximate surface area is 71.3 Å². The molecule has 0 aromatic rings. The molecule has 0 unspecified atom stereocenters. The third kappa shape index (κ3) is 2.58. The van der Waals surface area contributed by atoms with Gasteiger partial charge in [-0.25, -0.2) is 4.79 Å². The molecular weight excluding hydrogens is 166 g/mol. The van der Waals surface area contributed by atoms with Crippen molar-refractivity contribution in [2.75, 3.05) is 13.1 Å². The van der Waals surface area contributed by atoms with E-state index in [4.69, 9.17) is 16.3 Å². The summed E-state index contributed by atoms with van der Waals surface area (Å²) in [5.41, 5.74) is -0.525. The predicted octanol–water partition coefficient (Wildman–Crippen LogP) is 1.80. The Hall–Kier alpha value is -0.440. The number of amides is 1. The maximum absolute atomic E-state index is 11.1. The fraction of sp³-hybridized carbons (Fsp3) is 0.857. The Bertz CT molecular complexity index is 143. The molecule has 0 N–H and O–H groups in total. The van der Waals surface area contributed by atoms with Gasteiger partial charge in [-0.1, -0.05) is 11.6 Å². The largest absolute Gasteiger partial charge is 0.430 e. The first-order valence-electron chi connectivity index (χ1n) is 3.80. The highest BCUT2D eigenvalue weighted by Gasteiger charge is 2.19. The van der Waals surface area contributed by atoms with E-state index in [9.17, 15) is 4.79 Å². The summed E-state index contributed by atoms with van der Waals surface area (Å²) in [5, 5.41) is 0. The molecule has 1 aliphatic rings. The minimum Gasteiger partial charge on any atom is -0.430 e. The van der Waals surface area contributed by atoms with Crippen molar-refractivity contribution in [3.63, 3.8) is 0 Å². The summed E-state index contributed by atoms with van der Waals surface area (Å²) in [6.07, 6.45) is 1.86. The molecule has 1 fully saturated rings. The molecule has 0 spiro atoms. The topological polar surface area (TPSA) is 29.5 Å². The Kier molecular flexibility index (Phi) is 3.00. The summed E-state index contributed by atoms with van der Waals surface area (Å²) in [6.45, 7) is 3.25. The zero-order chi connectivity index (χ0) is 8.27. The van der Waals surface area contributed by atoms with Crippen molar-refractivity contribution in [1.82, 2.24) is 4.90 Å². The van der Waals surface area contributed by atoms with Crippen LogP contribution in [0.2, 0.25) is 0 Å². The average Bonchev–Trinajstić information content (AvgIpc) is 2.35. The van der Waals surface area contributed by atoms with Gasteiger partial charge >= 0.3 is 6.09 Å². The van der Waals surface area contributed by atoms with Gasteiger partial charge in [0.05, 0.1) is 0 Å². The van der Waals surface area contributed by atoms with E-state index >= 15 is 0 Å². The highest BCUT2D eigenvalue weighted by atomic mass is 35.5. The van der Waals surface area contributed by atoms with Crippen LogP contribution in [0.5, 0.6) is 0 Å². The summed E-state index contributed by atoms with van der Waals surface area (Å²) in [4.78, 5) is 12.8. The molecule has 0 bridgehead atoms. The number of likely N-dealkylation sites (tertiary alicyclic amines) is 1. The maximum Gasteiger partial charge on any atom is 0.411 e. The van der Waals surface area contributed by atoms with Gasteiger partial charge in [0.15, 0.2) is 5.56 Å². The lowest BCUT2D eigenvalue weighted by Crippen LogP contribution is -2.29. The van der Waals surface area contributed by atoms with Crippen LogP contribution < -0.4 is 0 Å². The highest BCUT2D eigenvalue weighted by molar-refractivity contribution is 6.19. The molecule has 0 saturated carbocycles. The number of carbonyl (C=O) groups is 1. The number of rotatable bonds is 1. The molecule has 1 aliphatic heterocycles. The monoisotopic (exact) mass is 177 g/mol. The van der Waals surface area contributed by atoms with Crippen LogP contribution in [0.1, 0.15) is 19.8 Å². The quantitative estimate of drug-likeness (QED) is 0.572. The van der Waals surface area contributed by atoms with Crippen molar-refractivity contribution < 1.29 is 9.53 Å². The van der Waals surface area contributed by atoms with E-state index in [1.165, 1.54) is 0 Å². The first kappa shape index (κ1) is 8.65. The van der Waals surface area contributed by atoms with Crippen LogP contribution in [0.15, 0.2) is 0 Å². The second-order valence-corrected chi connectivity index (χ2v) is 3.24. The van der Waals surface area contributed by atoms with E-state index < -0.39 is 5.56 Å². The minimum absolute atomic E-state index is 0.287. The summed E-state index contributed by atoms with van der Waals surface area (Å²) in [5.74, 6) is 0. The second kappa shape index (κ2) is 3.81. The van der Waals surface area contributed by atoms with Gasteiger partial charge in [0.25, 0.3) is 0 Å². The number of hydrogen-bond acceptors (Lipinski definition) is 2. The van der Waals surface area contributed by atoms with Crippen LogP contribution in [-0.4, -0.2) is 29.6 Å². The number of carbonyl (C=O) groups excluding carboxylic acids is 1. The summed E-state index contributed by atoms with van der Waals surface area (Å²) >= 11 is 5.48. The SMILES string of the molecule is C[C@@H](Cl)OC(=O)N1CCCC1. The van der Waals surface area contributed by atoms with Gasteiger partial charge in [0, 0.05) is 13.1 Å². The molecule has 11 heavy (non-hydrogen) atoms. The van der Waals surface area contributed by atoms with Crippen LogP contribution in [-0.2, 0) is 4.74 Å². The van der Waals surface area contributed by atoms with Crippen molar-refractivity contribution in [2.45, 2.75) is 25.3 Å². The molecule has 1 rings (SSSR count). The zero-order valence-corrected chi connectivity index (χ0v) is 7.30. The van der Waals surface area contributed by atoms with Crippen LogP contribution >= 0.6 is 11.6 Å². The maximum atomic E-state index is 11.1. The molecule has 1 atom stereocenters. The fourth-order valence-corrected chi connectivity index (χ4v) is 1.19. The lowest BCUT2D eigenvalue weighted by molar-refractivity contribution is 0.104. The van der Waals surface area contributed by atoms with E-state index in [1.54, 1.807) is 11.8 Å². The van der Waals surface area contributed by atoms with Gasteiger partial charge in [-0.2, -0.15) is 0 Å². The lowest BCUT2D eigenvalue weighted by atomic mass is 10.4. The van der Waals surface area contributed by atoms with E-state index in [2.05, 4.69) is 0 Å². The van der Waals surface area contributed by atoms with E-state index in [0.717, 1.165) is 25.9 Å². The van der Waals surface area contributed by atoms with Crippen molar-refractivity contribution >= 4 is 17.7 Å². The fourth-order valence-electron chi connectivity index (χ4n) is 1.11. The highest BCUT2D eigenvalue weighted by Crippen LogP contribution is 2.10. The molecule has 0 radical (unpaired) electrons. The number of halogens is 1. The predicted molar refractivity (Wildman–Crippen MR) is 42.6 cm³/mol. The molecule has 1 heterocycles. The summed E-state index contributed by atoms with van der Waals surface area (Å²) < 4.78 is 4.79. The molecule has 0 aromatic heterocycles. The number of hydrogen-bond donors (Lipinski definition) is 0. The number of alkyl halides is 1. The van der Waals surface area contributed by atoms with Crippen LogP contribution in [0.3, 0.4) is 0 Å². The molecule has 0 aromatic carbocycles. The van der Waals surface area contributed by atoms with Gasteiger partial charge in [0.2, 0.25) is 0 Å². The molecule has 1 saturated heterocycles. The molecule has 0 aliphatic carbocycles. The van der Waals surface area contributed by atoms with Crippen molar-refractivity contribution in [1.29, 1.82) is 0 Å². The second-order valence-electron chi connectivity index (χ2n) is 2.62. The van der Waals surface area contributed by atoms with Crippen molar-refractivity contribution in [2.24, 2.45) is 0 Å². The third-order valence-corrected chi connectivity index (χ3v) is 1.72. The van der Waals surface area contributed by atoms with E-state index in [1.807, 2.05) is 0 Å². The van der Waals surface area contributed by atoms with Gasteiger partial charge < -0.3 is 9.64 Å². The standard InChI is InChI=1S/C7H12ClNO2/c1-6(8)11-7(10)9-4-2-3-5-9/h6H,2-5H2,1H3/t6-/m0/s1.